The summed E-state index contributed by atoms with van der Waals surface area (Å²) < 4.78 is 31.6. The van der Waals surface area contributed by atoms with E-state index in [1.807, 2.05) is 0 Å². The zero-order chi connectivity index (χ0) is 14.8. The maximum absolute atomic E-state index is 12.1. The number of hydrogen-bond donors (Lipinski definition) is 3. The molecule has 0 bridgehead atoms. The molecule has 0 aromatic heterocycles. The number of fused-ring (bicyclic) bond motifs is 1. The molecule has 7 nitrogen and oxygen atoms in total. The molecular weight excluding hydrogens is 286 g/mol. The van der Waals surface area contributed by atoms with Gasteiger partial charge < -0.3 is 14.9 Å². The highest BCUT2D eigenvalue weighted by molar-refractivity contribution is 7.89. The first-order chi connectivity index (χ1) is 9.44. The number of carboxylic acid groups (broad SMARTS) is 1. The van der Waals surface area contributed by atoms with E-state index in [4.69, 9.17) is 14.9 Å². The Kier molecular flexibility index (Phi) is 4.26. The Bertz CT molecular complexity index is 612. The Morgan fingerprint density at radius 3 is 2.85 bits per heavy atom. The maximum Gasteiger partial charge on any atom is 0.321 e. The van der Waals surface area contributed by atoms with Crippen LogP contribution in [0.15, 0.2) is 23.1 Å². The van der Waals surface area contributed by atoms with E-state index in [2.05, 4.69) is 4.72 Å². The summed E-state index contributed by atoms with van der Waals surface area (Å²) >= 11 is 0. The van der Waals surface area contributed by atoms with E-state index in [1.54, 1.807) is 6.07 Å². The van der Waals surface area contributed by atoms with Crippen LogP contribution in [0.5, 0.6) is 5.75 Å². The van der Waals surface area contributed by atoms with Crippen molar-refractivity contribution in [3.63, 3.8) is 0 Å². The molecule has 1 heterocycles. The fourth-order valence-electron chi connectivity index (χ4n) is 1.95. The number of benzene rings is 1. The quantitative estimate of drug-likeness (QED) is 0.667. The normalized spacial score (nSPS) is 15.4. The van der Waals surface area contributed by atoms with Gasteiger partial charge in [0.15, 0.2) is 0 Å². The molecule has 1 aliphatic heterocycles. The van der Waals surface area contributed by atoms with Crippen molar-refractivity contribution in [3.05, 3.63) is 23.8 Å². The molecule has 0 aliphatic carbocycles. The van der Waals surface area contributed by atoms with Gasteiger partial charge in [-0.2, -0.15) is 4.72 Å². The van der Waals surface area contributed by atoms with Crippen LogP contribution in [0.25, 0.3) is 0 Å². The van der Waals surface area contributed by atoms with Gasteiger partial charge in [-0.05, 0) is 30.2 Å². The third kappa shape index (κ3) is 3.09. The van der Waals surface area contributed by atoms with E-state index < -0.39 is 28.6 Å². The zero-order valence-corrected chi connectivity index (χ0v) is 11.4. The number of sulfonamides is 1. The summed E-state index contributed by atoms with van der Waals surface area (Å²) in [5.41, 5.74) is 0.780. The van der Waals surface area contributed by atoms with Crippen LogP contribution < -0.4 is 9.46 Å². The molecule has 110 valence electrons. The summed E-state index contributed by atoms with van der Waals surface area (Å²) in [6.07, 6.45) is 0.431. The molecule has 1 aliphatic rings. The van der Waals surface area contributed by atoms with Crippen LogP contribution >= 0.6 is 0 Å². The number of rotatable bonds is 6. The van der Waals surface area contributed by atoms with E-state index in [0.717, 1.165) is 5.56 Å². The van der Waals surface area contributed by atoms with Gasteiger partial charge in [0.25, 0.3) is 0 Å². The Hall–Kier alpha value is -1.64. The predicted molar refractivity (Wildman–Crippen MR) is 69.1 cm³/mol. The molecule has 0 amide bonds. The molecule has 2 rings (SSSR count). The largest absolute Gasteiger partial charge is 0.493 e. The number of aliphatic hydroxyl groups excluding tert-OH is 1. The number of nitrogens with one attached hydrogen (secondary N) is 1. The minimum Gasteiger partial charge on any atom is -0.493 e. The lowest BCUT2D eigenvalue weighted by Crippen LogP contribution is -2.41. The molecule has 0 saturated carbocycles. The molecule has 0 saturated heterocycles. The van der Waals surface area contributed by atoms with Crippen LogP contribution in [0.1, 0.15) is 12.0 Å². The maximum atomic E-state index is 12.1. The molecule has 8 heteroatoms. The van der Waals surface area contributed by atoms with Crippen molar-refractivity contribution in [1.29, 1.82) is 0 Å². The standard InChI is InChI=1S/C12H15NO6S/c14-5-3-10(12(15)16)13-20(17,18)9-1-2-11-8(7-9)4-6-19-11/h1-2,7,10,13-14H,3-6H2,(H,15,16)/t10-/m1/s1. The first-order valence-corrected chi connectivity index (χ1v) is 7.54. The first-order valence-electron chi connectivity index (χ1n) is 6.06. The smallest absolute Gasteiger partial charge is 0.321 e. The minimum absolute atomic E-state index is 0.00839. The highest BCUT2D eigenvalue weighted by Gasteiger charge is 2.26. The van der Waals surface area contributed by atoms with E-state index >= 15 is 0 Å². The summed E-state index contributed by atoms with van der Waals surface area (Å²) in [6.45, 7) is 0.0893. The fraction of sp³-hybridized carbons (Fsp3) is 0.417. The molecule has 20 heavy (non-hydrogen) atoms. The second-order valence-corrected chi connectivity index (χ2v) is 6.11. The lowest BCUT2D eigenvalue weighted by molar-refractivity contribution is -0.139. The van der Waals surface area contributed by atoms with E-state index in [-0.39, 0.29) is 11.3 Å². The molecule has 3 N–H and O–H groups in total. The molecular formula is C12H15NO6S. The molecule has 1 aromatic rings. The monoisotopic (exact) mass is 301 g/mol. The summed E-state index contributed by atoms with van der Waals surface area (Å²) in [5.74, 6) is -0.679. The number of ether oxygens (including phenoxy) is 1. The number of aliphatic hydroxyl groups is 1. The van der Waals surface area contributed by atoms with E-state index in [0.29, 0.717) is 18.8 Å². The van der Waals surface area contributed by atoms with Gasteiger partial charge in [-0.15, -0.1) is 0 Å². The Balaban J connectivity index is 2.23. The second kappa shape index (κ2) is 5.78. The zero-order valence-electron chi connectivity index (χ0n) is 10.6. The van der Waals surface area contributed by atoms with Crippen LogP contribution in [-0.2, 0) is 21.2 Å². The van der Waals surface area contributed by atoms with Gasteiger partial charge in [0.05, 0.1) is 11.5 Å². The van der Waals surface area contributed by atoms with E-state index in [1.165, 1.54) is 12.1 Å². The average molecular weight is 301 g/mol. The molecule has 0 unspecified atom stereocenters. The fourth-order valence-corrected chi connectivity index (χ4v) is 3.22. The molecule has 0 fully saturated rings. The topological polar surface area (TPSA) is 113 Å². The van der Waals surface area contributed by atoms with Crippen molar-refractivity contribution in [3.8, 4) is 5.75 Å². The van der Waals surface area contributed by atoms with Crippen LogP contribution in [0.2, 0.25) is 0 Å². The van der Waals surface area contributed by atoms with Crippen molar-refractivity contribution in [2.24, 2.45) is 0 Å². The molecule has 1 atom stereocenters. The van der Waals surface area contributed by atoms with Crippen molar-refractivity contribution in [2.45, 2.75) is 23.8 Å². The average Bonchev–Trinajstić information content (AvgIpc) is 2.85. The van der Waals surface area contributed by atoms with E-state index in [9.17, 15) is 13.2 Å². The van der Waals surface area contributed by atoms with Gasteiger partial charge in [0, 0.05) is 13.0 Å². The number of aliphatic carboxylic acids is 1. The highest BCUT2D eigenvalue weighted by atomic mass is 32.2. The number of hydrogen-bond acceptors (Lipinski definition) is 5. The lowest BCUT2D eigenvalue weighted by atomic mass is 10.2. The Labute approximate surface area is 116 Å². The summed E-state index contributed by atoms with van der Waals surface area (Å²) in [4.78, 5) is 10.9. The highest BCUT2D eigenvalue weighted by Crippen LogP contribution is 2.27. The summed E-state index contributed by atoms with van der Waals surface area (Å²) in [5, 5.41) is 17.7. The Morgan fingerprint density at radius 1 is 1.45 bits per heavy atom. The third-order valence-electron chi connectivity index (χ3n) is 2.98. The second-order valence-electron chi connectivity index (χ2n) is 4.39. The van der Waals surface area contributed by atoms with Gasteiger partial charge in [0.2, 0.25) is 10.0 Å². The van der Waals surface area contributed by atoms with Crippen molar-refractivity contribution in [2.75, 3.05) is 13.2 Å². The molecule has 0 radical (unpaired) electrons. The molecule has 1 aromatic carbocycles. The minimum atomic E-state index is -3.95. The Morgan fingerprint density at radius 2 is 2.20 bits per heavy atom. The SMILES string of the molecule is O=C(O)[C@@H](CCO)NS(=O)(=O)c1ccc2c(c1)CCO2. The van der Waals surface area contributed by atoms with Crippen molar-refractivity contribution >= 4 is 16.0 Å². The first kappa shape index (κ1) is 14.8. The van der Waals surface area contributed by atoms with Crippen molar-refractivity contribution in [1.82, 2.24) is 4.72 Å². The van der Waals surface area contributed by atoms with Crippen LogP contribution in [0.4, 0.5) is 0 Å². The van der Waals surface area contributed by atoms with Crippen LogP contribution in [0, 0.1) is 0 Å². The van der Waals surface area contributed by atoms with Gasteiger partial charge in [-0.1, -0.05) is 0 Å². The summed E-state index contributed by atoms with van der Waals surface area (Å²) in [6, 6.07) is 3.04. The third-order valence-corrected chi connectivity index (χ3v) is 4.45. The molecule has 0 spiro atoms. The van der Waals surface area contributed by atoms with Gasteiger partial charge in [-0.3, -0.25) is 4.79 Å². The summed E-state index contributed by atoms with van der Waals surface area (Å²) in [7, 11) is -3.95. The van der Waals surface area contributed by atoms with Crippen molar-refractivity contribution < 1.29 is 28.2 Å². The number of carboxylic acids is 1. The van der Waals surface area contributed by atoms with Crippen LogP contribution in [0.3, 0.4) is 0 Å². The predicted octanol–water partition coefficient (Wildman–Crippen LogP) is -0.265. The lowest BCUT2D eigenvalue weighted by Gasteiger charge is -2.14. The van der Waals surface area contributed by atoms with Gasteiger partial charge >= 0.3 is 5.97 Å². The van der Waals surface area contributed by atoms with Crippen LogP contribution in [-0.4, -0.2) is 43.9 Å². The number of carbonyl (C=O) groups is 1. The van der Waals surface area contributed by atoms with Gasteiger partial charge in [-0.25, -0.2) is 8.42 Å². The van der Waals surface area contributed by atoms with Gasteiger partial charge in [0.1, 0.15) is 11.8 Å².